The maximum Gasteiger partial charge on any atom is 0.371 e. The highest BCUT2D eigenvalue weighted by Gasteiger charge is 2.10. The lowest BCUT2D eigenvalue weighted by Gasteiger charge is -2.03. The zero-order valence-corrected chi connectivity index (χ0v) is 9.12. The highest BCUT2D eigenvalue weighted by molar-refractivity contribution is 5.89. The van der Waals surface area contributed by atoms with Crippen molar-refractivity contribution in [3.8, 4) is 0 Å². The van der Waals surface area contributed by atoms with Crippen LogP contribution < -0.4 is 0 Å². The van der Waals surface area contributed by atoms with Gasteiger partial charge in [-0.15, -0.1) is 0 Å². The second kappa shape index (κ2) is 5.64. The molecular weight excluding hydrogens is 226 g/mol. The van der Waals surface area contributed by atoms with E-state index in [2.05, 4.69) is 0 Å². The van der Waals surface area contributed by atoms with E-state index in [9.17, 15) is 14.9 Å². The van der Waals surface area contributed by atoms with Gasteiger partial charge in [-0.05, 0) is 18.6 Å². The number of rotatable bonds is 5. The topological polar surface area (TPSA) is 89.7 Å². The summed E-state index contributed by atoms with van der Waals surface area (Å²) in [6.07, 6.45) is 1.25. The summed E-state index contributed by atoms with van der Waals surface area (Å²) in [5.41, 5.74) is 0.310. The molecule has 6 nitrogen and oxygen atoms in total. The molecule has 6 heteroatoms. The number of benzene rings is 1. The molecule has 1 aromatic rings. The molecule has 0 radical (unpaired) electrons. The second-order valence-electron chi connectivity index (χ2n) is 3.10. The molecule has 0 amide bonds. The fraction of sp³-hybridized carbons (Fsp3) is 0.182. The van der Waals surface area contributed by atoms with Crippen molar-refractivity contribution in [1.82, 2.24) is 0 Å². The van der Waals surface area contributed by atoms with Gasteiger partial charge in [0.15, 0.2) is 0 Å². The lowest BCUT2D eigenvalue weighted by atomic mass is 10.2. The van der Waals surface area contributed by atoms with Crippen LogP contribution in [0.4, 0.5) is 5.69 Å². The van der Waals surface area contributed by atoms with E-state index in [0.717, 1.165) is 0 Å². The first-order valence-electron chi connectivity index (χ1n) is 4.87. The normalized spacial score (nSPS) is 11.0. The Morgan fingerprint density at radius 2 is 2.29 bits per heavy atom. The molecule has 0 fully saturated rings. The molecule has 0 heterocycles. The van der Waals surface area contributed by atoms with Crippen LogP contribution in [0.15, 0.2) is 30.0 Å². The van der Waals surface area contributed by atoms with Gasteiger partial charge in [0.2, 0.25) is 5.76 Å². The molecular formula is C11H11NO5. The molecule has 0 aliphatic rings. The number of carboxylic acid groups (broad SMARTS) is 1. The molecule has 0 saturated heterocycles. The lowest BCUT2D eigenvalue weighted by Crippen LogP contribution is -2.04. The third-order valence-corrected chi connectivity index (χ3v) is 1.89. The van der Waals surface area contributed by atoms with E-state index in [4.69, 9.17) is 9.84 Å². The number of non-ortho nitro benzene ring substituents is 1. The molecule has 0 unspecified atom stereocenters. The lowest BCUT2D eigenvalue weighted by molar-refractivity contribution is -0.384. The smallest absolute Gasteiger partial charge is 0.371 e. The molecule has 0 aromatic heterocycles. The Balaban J connectivity index is 3.06. The molecule has 1 aromatic carbocycles. The fourth-order valence-corrected chi connectivity index (χ4v) is 1.20. The maximum absolute atomic E-state index is 10.8. The highest BCUT2D eigenvalue weighted by Crippen LogP contribution is 2.16. The first-order valence-corrected chi connectivity index (χ1v) is 4.87. The standard InChI is InChI=1S/C11H11NO5/c1-2-17-10(11(13)14)7-8-4-3-5-9(6-8)12(15)16/h3-7H,2H2,1H3,(H,13,14)/b10-7-. The minimum Gasteiger partial charge on any atom is -0.487 e. The maximum atomic E-state index is 10.8. The van der Waals surface area contributed by atoms with Gasteiger partial charge in [-0.1, -0.05) is 12.1 Å². The van der Waals surface area contributed by atoms with Crippen LogP contribution in [0, 0.1) is 10.1 Å². The number of carbonyl (C=O) groups is 1. The van der Waals surface area contributed by atoms with Crippen molar-refractivity contribution in [3.05, 3.63) is 45.7 Å². The van der Waals surface area contributed by atoms with E-state index in [-0.39, 0.29) is 18.1 Å². The van der Waals surface area contributed by atoms with Gasteiger partial charge in [0.25, 0.3) is 5.69 Å². The summed E-state index contributed by atoms with van der Waals surface area (Å²) in [4.78, 5) is 20.8. The Morgan fingerprint density at radius 3 is 2.82 bits per heavy atom. The van der Waals surface area contributed by atoms with Gasteiger partial charge >= 0.3 is 5.97 Å². The molecule has 90 valence electrons. The number of carboxylic acids is 1. The summed E-state index contributed by atoms with van der Waals surface area (Å²) in [5.74, 6) is -1.45. The van der Waals surface area contributed by atoms with E-state index in [1.807, 2.05) is 0 Å². The molecule has 0 spiro atoms. The van der Waals surface area contributed by atoms with Crippen LogP contribution >= 0.6 is 0 Å². The predicted molar refractivity (Wildman–Crippen MR) is 60.3 cm³/mol. The van der Waals surface area contributed by atoms with Crippen LogP contribution in [0.5, 0.6) is 0 Å². The highest BCUT2D eigenvalue weighted by atomic mass is 16.6. The number of nitro benzene ring substituents is 1. The minimum atomic E-state index is -1.21. The van der Waals surface area contributed by atoms with Crippen molar-refractivity contribution in [3.63, 3.8) is 0 Å². The van der Waals surface area contributed by atoms with Crippen LogP contribution in [0.3, 0.4) is 0 Å². The van der Waals surface area contributed by atoms with Crippen LogP contribution in [0.25, 0.3) is 6.08 Å². The zero-order valence-electron chi connectivity index (χ0n) is 9.12. The summed E-state index contributed by atoms with van der Waals surface area (Å²) in [5, 5.41) is 19.4. The summed E-state index contributed by atoms with van der Waals surface area (Å²) in [6.45, 7) is 1.87. The van der Waals surface area contributed by atoms with Gasteiger partial charge in [-0.25, -0.2) is 4.79 Å². The van der Waals surface area contributed by atoms with Crippen LogP contribution in [0.2, 0.25) is 0 Å². The van der Waals surface area contributed by atoms with Crippen molar-refractivity contribution in [2.75, 3.05) is 6.61 Å². The van der Waals surface area contributed by atoms with Gasteiger partial charge < -0.3 is 9.84 Å². The summed E-state index contributed by atoms with van der Waals surface area (Å²) < 4.78 is 4.90. The summed E-state index contributed by atoms with van der Waals surface area (Å²) >= 11 is 0. The molecule has 0 aliphatic heterocycles. The average molecular weight is 237 g/mol. The first-order chi connectivity index (χ1) is 8.04. The van der Waals surface area contributed by atoms with Crippen molar-refractivity contribution < 1.29 is 19.6 Å². The number of nitro groups is 1. The van der Waals surface area contributed by atoms with Crippen LogP contribution in [-0.4, -0.2) is 22.6 Å². The number of hydrogen-bond donors (Lipinski definition) is 1. The molecule has 0 atom stereocenters. The second-order valence-corrected chi connectivity index (χ2v) is 3.10. The Labute approximate surface area is 97.3 Å². The fourth-order valence-electron chi connectivity index (χ4n) is 1.20. The average Bonchev–Trinajstić information content (AvgIpc) is 2.28. The molecule has 1 rings (SSSR count). The molecule has 0 bridgehead atoms. The third-order valence-electron chi connectivity index (χ3n) is 1.89. The molecule has 17 heavy (non-hydrogen) atoms. The SMILES string of the molecule is CCO/C(=C\c1cccc([N+](=O)[O-])c1)C(=O)O. The van der Waals surface area contributed by atoms with Gasteiger partial charge in [0.1, 0.15) is 0 Å². The summed E-state index contributed by atoms with van der Waals surface area (Å²) in [7, 11) is 0. The molecule has 0 saturated carbocycles. The number of hydrogen-bond acceptors (Lipinski definition) is 4. The van der Waals surface area contributed by atoms with E-state index < -0.39 is 10.9 Å². The van der Waals surface area contributed by atoms with Crippen molar-refractivity contribution in [1.29, 1.82) is 0 Å². The van der Waals surface area contributed by atoms with Gasteiger partial charge in [0.05, 0.1) is 11.5 Å². The Bertz CT molecular complexity index is 467. The molecule has 1 N–H and O–H groups in total. The van der Waals surface area contributed by atoms with E-state index in [0.29, 0.717) is 5.56 Å². The summed E-state index contributed by atoms with van der Waals surface area (Å²) in [6, 6.07) is 5.66. The van der Waals surface area contributed by atoms with Crippen LogP contribution in [-0.2, 0) is 9.53 Å². The Hall–Kier alpha value is -2.37. The van der Waals surface area contributed by atoms with E-state index in [1.54, 1.807) is 13.0 Å². The minimum absolute atomic E-state index is 0.0972. The molecule has 0 aliphatic carbocycles. The van der Waals surface area contributed by atoms with E-state index in [1.165, 1.54) is 24.3 Å². The van der Waals surface area contributed by atoms with Crippen molar-refractivity contribution >= 4 is 17.7 Å². The largest absolute Gasteiger partial charge is 0.487 e. The van der Waals surface area contributed by atoms with Crippen molar-refractivity contribution in [2.45, 2.75) is 6.92 Å². The van der Waals surface area contributed by atoms with Crippen molar-refractivity contribution in [2.24, 2.45) is 0 Å². The monoisotopic (exact) mass is 237 g/mol. The Kier molecular flexibility index (Phi) is 4.21. The predicted octanol–water partition coefficient (Wildman–Crippen LogP) is 2.06. The van der Waals surface area contributed by atoms with Gasteiger partial charge in [0, 0.05) is 12.1 Å². The Morgan fingerprint density at radius 1 is 1.59 bits per heavy atom. The first kappa shape index (κ1) is 12.7. The van der Waals surface area contributed by atoms with Crippen LogP contribution in [0.1, 0.15) is 12.5 Å². The quantitative estimate of drug-likeness (QED) is 0.366. The van der Waals surface area contributed by atoms with E-state index >= 15 is 0 Å². The number of nitrogens with zero attached hydrogens (tertiary/aromatic N) is 1. The van der Waals surface area contributed by atoms with Gasteiger partial charge in [-0.2, -0.15) is 0 Å². The van der Waals surface area contributed by atoms with Gasteiger partial charge in [-0.3, -0.25) is 10.1 Å². The third kappa shape index (κ3) is 3.60. The number of aliphatic carboxylic acids is 1. The number of ether oxygens (including phenoxy) is 1. The zero-order chi connectivity index (χ0) is 12.8.